The van der Waals surface area contributed by atoms with Gasteiger partial charge in [0.25, 0.3) is 0 Å². The molecule has 0 aliphatic heterocycles. The fraction of sp³-hybridized carbons (Fsp3) is 0.848. The molecule has 6 nitrogen and oxygen atoms in total. The van der Waals surface area contributed by atoms with Crippen LogP contribution in [0.4, 0.5) is 0 Å². The summed E-state index contributed by atoms with van der Waals surface area (Å²) in [4.78, 5) is 24.5. The highest BCUT2D eigenvalue weighted by Crippen LogP contribution is 2.17. The quantitative estimate of drug-likeness (QED) is 0.0320. The van der Waals surface area contributed by atoms with Gasteiger partial charge in [-0.05, 0) is 89.9 Å². The van der Waals surface area contributed by atoms with Crippen LogP contribution in [0.1, 0.15) is 335 Å². The molecule has 2 atom stereocenters. The number of hydrogen-bond donors (Lipinski definition) is 3. The second-order valence-electron chi connectivity index (χ2n) is 21.7. The zero-order valence-electron chi connectivity index (χ0n) is 48.2. The predicted molar refractivity (Wildman–Crippen MR) is 315 cm³/mol. The molecule has 0 saturated heterocycles. The van der Waals surface area contributed by atoms with Gasteiger partial charge in [0, 0.05) is 12.8 Å². The Hall–Kier alpha value is -2.18. The molecule has 0 aliphatic rings. The van der Waals surface area contributed by atoms with Gasteiger partial charge in [-0.25, -0.2) is 0 Å². The molecule has 0 aromatic carbocycles. The van der Waals surface area contributed by atoms with Crippen molar-refractivity contribution in [3.63, 3.8) is 0 Å². The topological polar surface area (TPSA) is 95.9 Å². The molecule has 0 fully saturated rings. The predicted octanol–water partition coefficient (Wildman–Crippen LogP) is 20.1. The molecule has 0 rings (SSSR count). The van der Waals surface area contributed by atoms with E-state index in [-0.39, 0.29) is 18.5 Å². The lowest BCUT2D eigenvalue weighted by molar-refractivity contribution is -0.143. The molecule has 0 aliphatic carbocycles. The van der Waals surface area contributed by atoms with Gasteiger partial charge in [-0.1, -0.05) is 281 Å². The highest BCUT2D eigenvalue weighted by atomic mass is 16.5. The number of hydrogen-bond acceptors (Lipinski definition) is 5. The van der Waals surface area contributed by atoms with Crippen molar-refractivity contribution in [3.8, 4) is 0 Å². The number of esters is 1. The Kier molecular flexibility index (Phi) is 59.5. The van der Waals surface area contributed by atoms with E-state index >= 15 is 0 Å². The van der Waals surface area contributed by atoms with E-state index in [1.54, 1.807) is 6.08 Å². The summed E-state index contributed by atoms with van der Waals surface area (Å²) in [5.41, 5.74) is 0. The smallest absolute Gasteiger partial charge is 0.305 e. The molecule has 72 heavy (non-hydrogen) atoms. The molecule has 0 bridgehead atoms. The molecular weight excluding hydrogens is 887 g/mol. The number of carbonyl (C=O) groups is 2. The van der Waals surface area contributed by atoms with Crippen molar-refractivity contribution in [3.05, 3.63) is 48.6 Å². The Balaban J connectivity index is 3.41. The van der Waals surface area contributed by atoms with E-state index < -0.39 is 12.1 Å². The third kappa shape index (κ3) is 57.1. The zero-order valence-corrected chi connectivity index (χ0v) is 48.2. The van der Waals surface area contributed by atoms with Crippen molar-refractivity contribution in [1.82, 2.24) is 5.32 Å². The van der Waals surface area contributed by atoms with Gasteiger partial charge in [-0.3, -0.25) is 9.59 Å². The normalized spacial score (nSPS) is 12.9. The average molecular weight is 1010 g/mol. The molecule has 0 radical (unpaired) electrons. The first-order valence-electron chi connectivity index (χ1n) is 31.9. The van der Waals surface area contributed by atoms with E-state index in [9.17, 15) is 19.8 Å². The SMILES string of the molecule is CCCCC/C=C\C/C=C\CCCCCCCCCC(=O)OCCCCCCCCCCCCCC/C=C\CCCCCCCCCCCC(=O)NC(CO)C(O)/C=C/CCCCCCCCCCCCC. The third-order valence-electron chi connectivity index (χ3n) is 14.6. The molecular formula is C66H123NO5. The van der Waals surface area contributed by atoms with Gasteiger partial charge < -0.3 is 20.3 Å². The maximum atomic E-state index is 12.4. The summed E-state index contributed by atoms with van der Waals surface area (Å²) < 4.78 is 5.49. The van der Waals surface area contributed by atoms with Gasteiger partial charge in [0.2, 0.25) is 5.91 Å². The van der Waals surface area contributed by atoms with Crippen LogP contribution in [0.25, 0.3) is 0 Å². The van der Waals surface area contributed by atoms with Crippen LogP contribution >= 0.6 is 0 Å². The molecule has 6 heteroatoms. The number of allylic oxidation sites excluding steroid dienone is 7. The van der Waals surface area contributed by atoms with E-state index in [1.165, 1.54) is 257 Å². The van der Waals surface area contributed by atoms with Crippen LogP contribution < -0.4 is 5.32 Å². The molecule has 0 aromatic rings. The molecule has 0 spiro atoms. The van der Waals surface area contributed by atoms with Crippen LogP contribution in [-0.4, -0.2) is 47.4 Å². The average Bonchev–Trinajstić information content (AvgIpc) is 3.38. The first-order chi connectivity index (χ1) is 35.5. The minimum absolute atomic E-state index is 0.00498. The first-order valence-corrected chi connectivity index (χ1v) is 31.9. The maximum Gasteiger partial charge on any atom is 0.305 e. The lowest BCUT2D eigenvalue weighted by Crippen LogP contribution is -2.45. The Morgan fingerprint density at radius 1 is 0.389 bits per heavy atom. The summed E-state index contributed by atoms with van der Waals surface area (Å²) in [6.45, 7) is 4.88. The molecule has 3 N–H and O–H groups in total. The van der Waals surface area contributed by atoms with Crippen LogP contribution in [0.15, 0.2) is 48.6 Å². The Bertz CT molecular complexity index is 1210. The summed E-state index contributed by atoms with van der Waals surface area (Å²) in [7, 11) is 0. The van der Waals surface area contributed by atoms with Crippen LogP contribution in [-0.2, 0) is 14.3 Å². The van der Waals surface area contributed by atoms with E-state index in [4.69, 9.17) is 4.74 Å². The molecule has 2 unspecified atom stereocenters. The van der Waals surface area contributed by atoms with Crippen molar-refractivity contribution in [2.24, 2.45) is 0 Å². The van der Waals surface area contributed by atoms with Crippen molar-refractivity contribution in [1.29, 1.82) is 0 Å². The number of carbonyl (C=O) groups excluding carboxylic acids is 2. The zero-order chi connectivity index (χ0) is 52.2. The van der Waals surface area contributed by atoms with E-state index in [0.29, 0.717) is 19.4 Å². The first kappa shape index (κ1) is 69.8. The summed E-state index contributed by atoms with van der Waals surface area (Å²) in [5.74, 6) is -0.0662. The number of aliphatic hydroxyl groups excluding tert-OH is 2. The van der Waals surface area contributed by atoms with Gasteiger partial charge in [0.05, 0.1) is 25.4 Å². The molecule has 0 aromatic heterocycles. The summed E-state index contributed by atoms with van der Waals surface area (Å²) in [6.07, 6.45) is 78.7. The monoisotopic (exact) mass is 1010 g/mol. The molecule has 0 heterocycles. The van der Waals surface area contributed by atoms with Gasteiger partial charge in [-0.2, -0.15) is 0 Å². The largest absolute Gasteiger partial charge is 0.466 e. The number of amides is 1. The lowest BCUT2D eigenvalue weighted by Gasteiger charge is -2.20. The van der Waals surface area contributed by atoms with Gasteiger partial charge in [-0.15, -0.1) is 0 Å². The van der Waals surface area contributed by atoms with Crippen LogP contribution in [0.3, 0.4) is 0 Å². The summed E-state index contributed by atoms with van der Waals surface area (Å²) in [6, 6.07) is -0.630. The Morgan fingerprint density at radius 3 is 1.10 bits per heavy atom. The van der Waals surface area contributed by atoms with Crippen molar-refractivity contribution in [2.45, 2.75) is 347 Å². The number of unbranched alkanes of at least 4 members (excludes halogenated alkanes) is 42. The number of ether oxygens (including phenoxy) is 1. The molecule has 0 saturated carbocycles. The maximum absolute atomic E-state index is 12.4. The Labute approximate surface area is 448 Å². The second-order valence-corrected chi connectivity index (χ2v) is 21.7. The summed E-state index contributed by atoms with van der Waals surface area (Å²) in [5, 5.41) is 23.1. The fourth-order valence-electron chi connectivity index (χ4n) is 9.66. The third-order valence-corrected chi connectivity index (χ3v) is 14.6. The second kappa shape index (κ2) is 61.4. The number of rotatable bonds is 59. The Morgan fingerprint density at radius 2 is 0.694 bits per heavy atom. The molecule has 1 amide bonds. The van der Waals surface area contributed by atoms with E-state index in [1.807, 2.05) is 6.08 Å². The highest BCUT2D eigenvalue weighted by molar-refractivity contribution is 5.76. The van der Waals surface area contributed by atoms with Crippen LogP contribution in [0, 0.1) is 0 Å². The fourth-order valence-corrected chi connectivity index (χ4v) is 9.66. The van der Waals surface area contributed by atoms with Gasteiger partial charge in [0.1, 0.15) is 0 Å². The summed E-state index contributed by atoms with van der Waals surface area (Å²) >= 11 is 0. The van der Waals surface area contributed by atoms with Crippen LogP contribution in [0.5, 0.6) is 0 Å². The standard InChI is InChI=1S/C66H123NO5/c1-3-5-7-9-11-13-15-17-18-28-32-36-40-44-48-52-56-60-66(71)72-61-57-53-49-45-41-37-33-30-27-25-23-21-19-20-22-24-26-29-31-35-39-43-47-51-55-59-65(70)67-63(62-68)64(69)58-54-50-46-42-38-34-16-14-12-10-8-6-4-2/h11,13,17-18,20,22,54,58,63-64,68-69H,3-10,12,14-16,19,21,23-53,55-57,59-62H2,1-2H3,(H,67,70)/b13-11-,18-17-,22-20-,58-54+. The number of nitrogens with one attached hydrogen (secondary N) is 1. The highest BCUT2D eigenvalue weighted by Gasteiger charge is 2.18. The van der Waals surface area contributed by atoms with Gasteiger partial charge >= 0.3 is 5.97 Å². The van der Waals surface area contributed by atoms with E-state index in [0.717, 1.165) is 51.4 Å². The number of aliphatic hydroxyl groups is 2. The minimum atomic E-state index is -0.846. The van der Waals surface area contributed by atoms with Gasteiger partial charge in [0.15, 0.2) is 0 Å². The molecule has 422 valence electrons. The van der Waals surface area contributed by atoms with Crippen molar-refractivity contribution in [2.75, 3.05) is 13.2 Å². The van der Waals surface area contributed by atoms with Crippen LogP contribution in [0.2, 0.25) is 0 Å². The minimum Gasteiger partial charge on any atom is -0.466 e. The van der Waals surface area contributed by atoms with E-state index in [2.05, 4.69) is 55.6 Å². The van der Waals surface area contributed by atoms with Crippen molar-refractivity contribution < 1.29 is 24.5 Å². The van der Waals surface area contributed by atoms with Crippen molar-refractivity contribution >= 4 is 11.9 Å². The lowest BCUT2D eigenvalue weighted by atomic mass is 10.0.